The van der Waals surface area contributed by atoms with Gasteiger partial charge in [-0.05, 0) is 18.9 Å². The lowest BCUT2D eigenvalue weighted by molar-refractivity contribution is -0.0309. The minimum absolute atomic E-state index is 0.0143. The minimum Gasteiger partial charge on any atom is -0.507 e. The normalized spacial score (nSPS) is 17.9. The number of rotatable bonds is 5. The predicted molar refractivity (Wildman–Crippen MR) is 149 cm³/mol. The second-order valence-electron chi connectivity index (χ2n) is 10.4. The molecule has 4 heterocycles. The van der Waals surface area contributed by atoms with Gasteiger partial charge in [0, 0.05) is 41.7 Å². The number of benzene rings is 2. The molecule has 2 aromatic carbocycles. The van der Waals surface area contributed by atoms with Crippen LogP contribution < -0.4 is 9.64 Å². The molecule has 17 heteroatoms. The molecular formula is C28H22ClF5N8O3. The van der Waals surface area contributed by atoms with Gasteiger partial charge in [0.15, 0.2) is 17.4 Å². The van der Waals surface area contributed by atoms with Crippen LogP contribution in [0.3, 0.4) is 0 Å². The summed E-state index contributed by atoms with van der Waals surface area (Å²) >= 11 is 6.64. The summed E-state index contributed by atoms with van der Waals surface area (Å²) in [5.41, 5.74) is -1.95. The van der Waals surface area contributed by atoms with Crippen molar-refractivity contribution in [1.29, 1.82) is 5.26 Å². The maximum Gasteiger partial charge on any atom is 0.350 e. The topological polar surface area (TPSA) is 133 Å². The highest BCUT2D eigenvalue weighted by atomic mass is 35.5. The zero-order valence-electron chi connectivity index (χ0n) is 23.0. The van der Waals surface area contributed by atoms with Crippen LogP contribution in [0, 0.1) is 17.1 Å². The summed E-state index contributed by atoms with van der Waals surface area (Å²) < 4.78 is 79.3. The lowest BCUT2D eigenvalue weighted by Gasteiger charge is -2.44. The molecule has 2 aromatic heterocycles. The SMILES string of the molecule is N#CCc1ncn(C(=O)N(C(F)F)C2CCN3c4ncnc5c(F)c(-c6c(O)cccc6C(F)F)c(Cl)c(c45)OCCC3C2)n1. The molecule has 1 N–H and O–H groups in total. The number of aromatic nitrogens is 5. The Morgan fingerprint density at radius 3 is 2.73 bits per heavy atom. The van der Waals surface area contributed by atoms with Crippen LogP contribution in [0.1, 0.15) is 37.1 Å². The van der Waals surface area contributed by atoms with Crippen molar-refractivity contribution in [1.82, 2.24) is 29.6 Å². The summed E-state index contributed by atoms with van der Waals surface area (Å²) in [5.74, 6) is -1.58. The second-order valence-corrected chi connectivity index (χ2v) is 10.7. The molecule has 2 unspecified atom stereocenters. The van der Waals surface area contributed by atoms with E-state index in [4.69, 9.17) is 21.6 Å². The number of ether oxygens (including phenoxy) is 1. The fraction of sp³-hybridized carbons (Fsp3) is 0.357. The van der Waals surface area contributed by atoms with Crippen LogP contribution in [0.5, 0.6) is 11.5 Å². The number of halogens is 6. The number of fused-ring (bicyclic) bond motifs is 2. The Bertz CT molecular complexity index is 1830. The van der Waals surface area contributed by atoms with E-state index in [1.807, 2.05) is 6.07 Å². The Hall–Kier alpha value is -4.78. The number of amides is 1. The van der Waals surface area contributed by atoms with Gasteiger partial charge >= 0.3 is 12.6 Å². The van der Waals surface area contributed by atoms with Gasteiger partial charge in [-0.25, -0.2) is 32.9 Å². The number of phenols is 1. The first-order valence-electron chi connectivity index (χ1n) is 13.7. The van der Waals surface area contributed by atoms with Crippen molar-refractivity contribution in [2.24, 2.45) is 0 Å². The number of hydrogen-bond donors (Lipinski definition) is 1. The molecule has 1 amide bonds. The first kappa shape index (κ1) is 30.3. The van der Waals surface area contributed by atoms with Crippen molar-refractivity contribution in [2.75, 3.05) is 18.1 Å². The third-order valence-corrected chi connectivity index (χ3v) is 8.28. The summed E-state index contributed by atoms with van der Waals surface area (Å²) in [7, 11) is 0. The maximum atomic E-state index is 16.2. The van der Waals surface area contributed by atoms with E-state index in [1.54, 1.807) is 4.90 Å². The maximum absolute atomic E-state index is 16.2. The molecule has 0 radical (unpaired) electrons. The number of piperidine rings is 1. The van der Waals surface area contributed by atoms with Gasteiger partial charge in [-0.2, -0.15) is 18.7 Å². The Labute approximate surface area is 256 Å². The average Bonchev–Trinajstić information content (AvgIpc) is 3.47. The van der Waals surface area contributed by atoms with Gasteiger partial charge in [0.2, 0.25) is 0 Å². The molecule has 11 nitrogen and oxygen atoms in total. The van der Waals surface area contributed by atoms with Crippen molar-refractivity contribution in [2.45, 2.75) is 50.7 Å². The number of alkyl halides is 4. The van der Waals surface area contributed by atoms with Crippen molar-refractivity contribution in [3.05, 3.63) is 53.1 Å². The molecule has 4 aromatic rings. The molecule has 0 bridgehead atoms. The average molecular weight is 649 g/mol. The van der Waals surface area contributed by atoms with E-state index >= 15 is 4.39 Å². The first-order chi connectivity index (χ1) is 21.6. The molecular weight excluding hydrogens is 627 g/mol. The number of carbonyl (C=O) groups excluding carboxylic acids is 1. The molecule has 1 saturated heterocycles. The monoisotopic (exact) mass is 648 g/mol. The first-order valence-corrected chi connectivity index (χ1v) is 14.0. The summed E-state index contributed by atoms with van der Waals surface area (Å²) in [4.78, 5) is 27.5. The van der Waals surface area contributed by atoms with Crippen molar-refractivity contribution < 1.29 is 36.6 Å². The van der Waals surface area contributed by atoms with Crippen LogP contribution in [-0.2, 0) is 6.42 Å². The molecule has 0 spiro atoms. The molecule has 0 saturated carbocycles. The van der Waals surface area contributed by atoms with E-state index in [9.17, 15) is 27.5 Å². The Balaban J connectivity index is 1.39. The lowest BCUT2D eigenvalue weighted by Crippen LogP contribution is -2.55. The van der Waals surface area contributed by atoms with Crippen LogP contribution in [0.2, 0.25) is 5.02 Å². The number of nitrogens with zero attached hydrogens (tertiary/aromatic N) is 8. The number of phenolic OH excluding ortho intramolecular Hbond substituents is 1. The van der Waals surface area contributed by atoms with Crippen LogP contribution in [0.25, 0.3) is 22.0 Å². The quantitative estimate of drug-likeness (QED) is 0.214. The largest absolute Gasteiger partial charge is 0.507 e. The van der Waals surface area contributed by atoms with E-state index < -0.39 is 59.3 Å². The predicted octanol–water partition coefficient (Wildman–Crippen LogP) is 5.70. The zero-order valence-corrected chi connectivity index (χ0v) is 23.8. The molecule has 2 aliphatic heterocycles. The molecule has 45 heavy (non-hydrogen) atoms. The summed E-state index contributed by atoms with van der Waals surface area (Å²) in [5, 5.41) is 22.8. The van der Waals surface area contributed by atoms with E-state index in [2.05, 4.69) is 20.1 Å². The molecule has 1 fully saturated rings. The summed E-state index contributed by atoms with van der Waals surface area (Å²) in [6, 6.07) is 2.66. The minimum atomic E-state index is -3.17. The number of nitriles is 1. The van der Waals surface area contributed by atoms with Gasteiger partial charge in [0.25, 0.3) is 6.43 Å². The van der Waals surface area contributed by atoms with Crippen LogP contribution in [0.15, 0.2) is 30.9 Å². The number of carbonyl (C=O) groups is 1. The number of aromatic hydroxyl groups is 1. The van der Waals surface area contributed by atoms with Crippen molar-refractivity contribution >= 4 is 34.4 Å². The molecule has 6 rings (SSSR count). The standard InChI is InChI=1S/C28H22ClF5N8O3/c29-21-19(18-15(25(31)32)2-1-3-16(18)43)22(30)23-20-24(21)45-9-6-13-10-14(5-8-40(13)26(20)37-11-36-23)42(27(33)34)28(44)41-12-38-17(39-41)4-7-35/h1-3,11-14,25,27,43H,4-6,8-10H2. The van der Waals surface area contributed by atoms with E-state index in [1.165, 1.54) is 6.07 Å². The fourth-order valence-corrected chi connectivity index (χ4v) is 6.29. The van der Waals surface area contributed by atoms with Gasteiger partial charge in [-0.1, -0.05) is 23.7 Å². The third-order valence-electron chi connectivity index (χ3n) is 7.92. The molecule has 2 aliphatic rings. The van der Waals surface area contributed by atoms with Crippen LogP contribution in [0.4, 0.5) is 32.6 Å². The van der Waals surface area contributed by atoms with E-state index in [-0.39, 0.29) is 72.2 Å². The third kappa shape index (κ3) is 5.20. The van der Waals surface area contributed by atoms with Gasteiger partial charge < -0.3 is 14.7 Å². The van der Waals surface area contributed by atoms with Crippen molar-refractivity contribution in [3.8, 4) is 28.7 Å². The molecule has 2 atom stereocenters. The molecule has 234 valence electrons. The highest BCUT2D eigenvalue weighted by Gasteiger charge is 2.41. The van der Waals surface area contributed by atoms with Crippen molar-refractivity contribution in [3.63, 3.8) is 0 Å². The highest BCUT2D eigenvalue weighted by Crippen LogP contribution is 2.51. The summed E-state index contributed by atoms with van der Waals surface area (Å²) in [6.07, 6.45) is -0.843. The fourth-order valence-electron chi connectivity index (χ4n) is 5.96. The second kappa shape index (κ2) is 12.0. The smallest absolute Gasteiger partial charge is 0.350 e. The zero-order chi connectivity index (χ0) is 32.0. The van der Waals surface area contributed by atoms with E-state index in [0.717, 1.165) is 24.8 Å². The van der Waals surface area contributed by atoms with Crippen LogP contribution >= 0.6 is 11.6 Å². The highest BCUT2D eigenvalue weighted by molar-refractivity contribution is 6.36. The van der Waals surface area contributed by atoms with Gasteiger partial charge in [-0.15, -0.1) is 5.10 Å². The number of hydrogen-bond acceptors (Lipinski definition) is 9. The molecule has 0 aliphatic carbocycles. The lowest BCUT2D eigenvalue weighted by atomic mass is 9.92. The van der Waals surface area contributed by atoms with Crippen LogP contribution in [-0.4, -0.2) is 72.6 Å². The Kier molecular flexibility index (Phi) is 8.04. The number of anilines is 1. The van der Waals surface area contributed by atoms with Gasteiger partial charge in [-0.3, -0.25) is 4.90 Å². The van der Waals surface area contributed by atoms with Gasteiger partial charge in [0.1, 0.15) is 29.7 Å². The Morgan fingerprint density at radius 1 is 1.20 bits per heavy atom. The van der Waals surface area contributed by atoms with Gasteiger partial charge in [0.05, 0.1) is 29.5 Å². The summed E-state index contributed by atoms with van der Waals surface area (Å²) in [6.45, 7) is -3.11. The Morgan fingerprint density at radius 2 is 2.00 bits per heavy atom. The van der Waals surface area contributed by atoms with E-state index in [0.29, 0.717) is 9.58 Å².